The van der Waals surface area contributed by atoms with Gasteiger partial charge in [-0.2, -0.15) is 0 Å². The second kappa shape index (κ2) is 7.21. The largest absolute Gasteiger partial charge is 0.293 e. The fraction of sp³-hybridized carbons (Fsp3) is 0.500. The molecule has 19 heavy (non-hydrogen) atoms. The number of carbonyl (C=O) groups is 1. The van der Waals surface area contributed by atoms with E-state index in [-0.39, 0.29) is 23.8 Å². The maximum atomic E-state index is 13.8. The van der Waals surface area contributed by atoms with Crippen LogP contribution in [0.2, 0.25) is 0 Å². The van der Waals surface area contributed by atoms with Crippen molar-refractivity contribution in [3.63, 3.8) is 0 Å². The lowest BCUT2D eigenvalue weighted by atomic mass is 10.0. The van der Waals surface area contributed by atoms with Gasteiger partial charge in [-0.15, -0.1) is 0 Å². The Labute approximate surface area is 113 Å². The van der Waals surface area contributed by atoms with Crippen LogP contribution in [-0.4, -0.2) is 23.9 Å². The van der Waals surface area contributed by atoms with E-state index in [2.05, 4.69) is 5.43 Å². The van der Waals surface area contributed by atoms with Gasteiger partial charge in [0, 0.05) is 11.6 Å². The number of hydrogen-bond donors (Lipinski definition) is 2. The van der Waals surface area contributed by atoms with E-state index in [4.69, 9.17) is 5.84 Å². The van der Waals surface area contributed by atoms with Gasteiger partial charge in [0.2, 0.25) is 0 Å². The molecule has 0 spiro atoms. The quantitative estimate of drug-likeness (QED) is 0.471. The predicted octanol–water partition coefficient (Wildman–Crippen LogP) is 1.98. The molecular weight excluding hydrogens is 245 g/mol. The van der Waals surface area contributed by atoms with Crippen molar-refractivity contribution in [1.29, 1.82) is 0 Å². The molecule has 106 valence electrons. The van der Waals surface area contributed by atoms with E-state index < -0.39 is 0 Å². The van der Waals surface area contributed by atoms with Gasteiger partial charge in [-0.25, -0.2) is 10.2 Å². The first kappa shape index (κ1) is 15.6. The topological polar surface area (TPSA) is 58.4 Å². The number of rotatable bonds is 6. The van der Waals surface area contributed by atoms with Crippen molar-refractivity contribution in [3.8, 4) is 0 Å². The highest BCUT2D eigenvalue weighted by molar-refractivity contribution is 5.81. The van der Waals surface area contributed by atoms with Crippen molar-refractivity contribution < 1.29 is 9.18 Å². The highest BCUT2D eigenvalue weighted by Crippen LogP contribution is 2.24. The first-order chi connectivity index (χ1) is 9.02. The molecule has 0 saturated carbocycles. The van der Waals surface area contributed by atoms with E-state index in [1.54, 1.807) is 18.2 Å². The highest BCUT2D eigenvalue weighted by Gasteiger charge is 2.27. The highest BCUT2D eigenvalue weighted by atomic mass is 19.1. The molecular formula is C14H22FN3O. The molecule has 2 unspecified atom stereocenters. The van der Waals surface area contributed by atoms with Crippen LogP contribution in [0.15, 0.2) is 24.3 Å². The van der Waals surface area contributed by atoms with Crippen molar-refractivity contribution in [1.82, 2.24) is 10.3 Å². The van der Waals surface area contributed by atoms with Crippen molar-refractivity contribution in [3.05, 3.63) is 35.6 Å². The minimum absolute atomic E-state index is 0.199. The third kappa shape index (κ3) is 3.75. The molecule has 0 aliphatic rings. The molecule has 5 heteroatoms. The number of nitrogens with two attached hydrogens (primary N) is 1. The van der Waals surface area contributed by atoms with Crippen LogP contribution in [0.4, 0.5) is 4.39 Å². The Morgan fingerprint density at radius 2 is 2.11 bits per heavy atom. The minimum Gasteiger partial charge on any atom is -0.293 e. The van der Waals surface area contributed by atoms with Gasteiger partial charge in [0.1, 0.15) is 5.82 Å². The standard InChI is InChI=1S/C14H22FN3O/c1-4-7-13(14(19)17-16)18(3)10(2)11-8-5-6-9-12(11)15/h5-6,8-10,13H,4,7,16H2,1-3H3,(H,17,19). The number of hydrogen-bond acceptors (Lipinski definition) is 3. The third-order valence-electron chi connectivity index (χ3n) is 3.46. The van der Waals surface area contributed by atoms with Gasteiger partial charge in [-0.1, -0.05) is 31.5 Å². The molecule has 0 heterocycles. The summed E-state index contributed by atoms with van der Waals surface area (Å²) in [7, 11) is 1.81. The average Bonchev–Trinajstić information content (AvgIpc) is 2.43. The first-order valence-corrected chi connectivity index (χ1v) is 6.49. The van der Waals surface area contributed by atoms with Crippen molar-refractivity contribution in [2.24, 2.45) is 5.84 Å². The summed E-state index contributed by atoms with van der Waals surface area (Å²) in [6, 6.07) is 6.05. The average molecular weight is 267 g/mol. The summed E-state index contributed by atoms with van der Waals surface area (Å²) in [6.07, 6.45) is 1.53. The second-order valence-electron chi connectivity index (χ2n) is 4.68. The molecule has 4 nitrogen and oxygen atoms in total. The van der Waals surface area contributed by atoms with Gasteiger partial charge in [0.05, 0.1) is 6.04 Å². The van der Waals surface area contributed by atoms with Crippen LogP contribution in [0.25, 0.3) is 0 Å². The molecule has 1 rings (SSSR count). The van der Waals surface area contributed by atoms with Crippen LogP contribution >= 0.6 is 0 Å². The maximum Gasteiger partial charge on any atom is 0.251 e. The van der Waals surface area contributed by atoms with Crippen molar-refractivity contribution >= 4 is 5.91 Å². The molecule has 0 fully saturated rings. The van der Waals surface area contributed by atoms with Gasteiger partial charge in [-0.05, 0) is 26.5 Å². The molecule has 1 amide bonds. The predicted molar refractivity (Wildman–Crippen MR) is 73.6 cm³/mol. The number of nitrogens with one attached hydrogen (secondary N) is 1. The van der Waals surface area contributed by atoms with Gasteiger partial charge < -0.3 is 0 Å². The summed E-state index contributed by atoms with van der Waals surface area (Å²) in [5.74, 6) is 4.71. The fourth-order valence-corrected chi connectivity index (χ4v) is 2.19. The van der Waals surface area contributed by atoms with E-state index in [9.17, 15) is 9.18 Å². The zero-order valence-corrected chi connectivity index (χ0v) is 11.7. The Bertz CT molecular complexity index is 425. The minimum atomic E-state index is -0.357. The molecule has 0 saturated heterocycles. The Kier molecular flexibility index (Phi) is 5.92. The van der Waals surface area contributed by atoms with Crippen molar-refractivity contribution in [2.45, 2.75) is 38.8 Å². The summed E-state index contributed by atoms with van der Waals surface area (Å²) in [5, 5.41) is 0. The van der Waals surface area contributed by atoms with Crippen LogP contribution in [0.5, 0.6) is 0 Å². The Morgan fingerprint density at radius 3 is 2.63 bits per heavy atom. The van der Waals surface area contributed by atoms with Crippen LogP contribution in [0, 0.1) is 5.82 Å². The molecule has 3 N–H and O–H groups in total. The Hall–Kier alpha value is -1.46. The van der Waals surface area contributed by atoms with Crippen LogP contribution in [-0.2, 0) is 4.79 Å². The van der Waals surface area contributed by atoms with E-state index in [0.717, 1.165) is 6.42 Å². The van der Waals surface area contributed by atoms with Gasteiger partial charge >= 0.3 is 0 Å². The molecule has 2 atom stereocenters. The first-order valence-electron chi connectivity index (χ1n) is 6.49. The normalized spacial score (nSPS) is 14.2. The maximum absolute atomic E-state index is 13.8. The molecule has 0 bridgehead atoms. The molecule has 1 aromatic rings. The monoisotopic (exact) mass is 267 g/mol. The summed E-state index contributed by atoms with van der Waals surface area (Å²) >= 11 is 0. The number of halogens is 1. The molecule has 1 aromatic carbocycles. The van der Waals surface area contributed by atoms with Crippen molar-refractivity contribution in [2.75, 3.05) is 7.05 Å². The lowest BCUT2D eigenvalue weighted by molar-refractivity contribution is -0.127. The number of nitrogens with zero attached hydrogens (tertiary/aromatic N) is 1. The summed E-state index contributed by atoms with van der Waals surface area (Å²) < 4.78 is 13.8. The number of carbonyl (C=O) groups excluding carboxylic acids is 1. The lowest BCUT2D eigenvalue weighted by Gasteiger charge is -2.32. The Balaban J connectivity index is 2.93. The third-order valence-corrected chi connectivity index (χ3v) is 3.46. The molecule has 0 aliphatic heterocycles. The van der Waals surface area contributed by atoms with Gasteiger partial charge in [-0.3, -0.25) is 15.1 Å². The Morgan fingerprint density at radius 1 is 1.47 bits per heavy atom. The summed E-state index contributed by atoms with van der Waals surface area (Å²) in [5.41, 5.74) is 2.76. The summed E-state index contributed by atoms with van der Waals surface area (Å²) in [4.78, 5) is 13.6. The van der Waals surface area contributed by atoms with Crippen LogP contribution in [0.1, 0.15) is 38.3 Å². The van der Waals surface area contributed by atoms with E-state index in [1.165, 1.54) is 6.07 Å². The lowest BCUT2D eigenvalue weighted by Crippen LogP contribution is -2.48. The van der Waals surface area contributed by atoms with Gasteiger partial charge in [0.25, 0.3) is 5.91 Å². The van der Waals surface area contributed by atoms with Crippen LogP contribution in [0.3, 0.4) is 0 Å². The SMILES string of the molecule is CCCC(C(=O)NN)N(C)C(C)c1ccccc1F. The number of hydrazine groups is 1. The number of amides is 1. The van der Waals surface area contributed by atoms with Crippen LogP contribution < -0.4 is 11.3 Å². The van der Waals surface area contributed by atoms with E-state index in [1.807, 2.05) is 25.8 Å². The van der Waals surface area contributed by atoms with E-state index in [0.29, 0.717) is 12.0 Å². The molecule has 0 aliphatic carbocycles. The number of likely N-dealkylation sites (N-methyl/N-ethyl adjacent to an activating group) is 1. The second-order valence-corrected chi connectivity index (χ2v) is 4.68. The summed E-state index contributed by atoms with van der Waals surface area (Å²) in [6.45, 7) is 3.88. The number of benzene rings is 1. The van der Waals surface area contributed by atoms with E-state index >= 15 is 0 Å². The fourth-order valence-electron chi connectivity index (χ4n) is 2.19. The zero-order valence-electron chi connectivity index (χ0n) is 11.7. The van der Waals surface area contributed by atoms with Gasteiger partial charge in [0.15, 0.2) is 0 Å². The molecule has 0 radical (unpaired) electrons. The molecule has 0 aromatic heterocycles. The zero-order chi connectivity index (χ0) is 14.4. The smallest absolute Gasteiger partial charge is 0.251 e.